The number of H-pyrrole nitrogens is 2. The Hall–Kier alpha value is -1.13. The summed E-state index contributed by atoms with van der Waals surface area (Å²) in [6.45, 7) is 0. The molecular weight excluding hydrogens is 211 g/mol. The standard InChI is InChI=1S/C5H3N4OSe/c10-5-8-3-2(4(11)9-5)6-1-7-3/h1H,(H2,6,7,8,9,10). The Kier molecular flexibility index (Phi) is 1.30. The van der Waals surface area contributed by atoms with Crippen LogP contribution in [0.3, 0.4) is 0 Å². The zero-order valence-electron chi connectivity index (χ0n) is 5.29. The number of hydrogen-bond acceptors (Lipinski definition) is 3. The number of nitrogens with one attached hydrogen (secondary N) is 2. The fourth-order valence-electron chi connectivity index (χ4n) is 0.829. The molecule has 55 valence electrons. The average Bonchev–Trinajstić information content (AvgIpc) is 2.34. The molecule has 2 aromatic heterocycles. The van der Waals surface area contributed by atoms with Crippen LogP contribution in [0.5, 0.6) is 0 Å². The summed E-state index contributed by atoms with van der Waals surface area (Å²) in [7, 11) is 0. The maximum absolute atomic E-state index is 10.8. The summed E-state index contributed by atoms with van der Waals surface area (Å²) in [6, 6.07) is 0. The van der Waals surface area contributed by atoms with E-state index in [9.17, 15) is 4.79 Å². The maximum atomic E-state index is 10.8. The summed E-state index contributed by atoms with van der Waals surface area (Å²) in [4.78, 5) is 23.6. The van der Waals surface area contributed by atoms with Crippen LogP contribution in [0.2, 0.25) is 0 Å². The van der Waals surface area contributed by atoms with Gasteiger partial charge in [-0.2, -0.15) is 0 Å². The fourth-order valence-corrected chi connectivity index (χ4v) is 1.33. The van der Waals surface area contributed by atoms with Gasteiger partial charge in [0, 0.05) is 0 Å². The SMILES string of the molecule is O=c1nc([Se])c2[nH]cnc2[nH]1. The van der Waals surface area contributed by atoms with Gasteiger partial charge in [0.05, 0.1) is 0 Å². The van der Waals surface area contributed by atoms with Gasteiger partial charge < -0.3 is 0 Å². The van der Waals surface area contributed by atoms with Crippen molar-refractivity contribution in [2.24, 2.45) is 0 Å². The average molecular weight is 214 g/mol. The third-order valence-corrected chi connectivity index (χ3v) is 1.90. The predicted molar refractivity (Wildman–Crippen MR) is 39.9 cm³/mol. The Bertz CT molecular complexity index is 445. The van der Waals surface area contributed by atoms with E-state index in [-0.39, 0.29) is 0 Å². The number of rotatable bonds is 0. The summed E-state index contributed by atoms with van der Waals surface area (Å²) >= 11 is 2.67. The summed E-state index contributed by atoms with van der Waals surface area (Å²) < 4.78 is 0.543. The summed E-state index contributed by atoms with van der Waals surface area (Å²) in [5, 5.41) is 0. The number of hydrogen-bond donors (Lipinski definition) is 2. The molecule has 1 radical (unpaired) electrons. The molecule has 0 saturated carbocycles. The third kappa shape index (κ3) is 0.961. The van der Waals surface area contributed by atoms with Crippen molar-refractivity contribution in [3.63, 3.8) is 0 Å². The summed E-state index contributed by atoms with van der Waals surface area (Å²) in [5.41, 5.74) is 0.863. The molecule has 0 aliphatic heterocycles. The first kappa shape index (κ1) is 6.57. The van der Waals surface area contributed by atoms with Gasteiger partial charge in [0.25, 0.3) is 0 Å². The van der Waals surface area contributed by atoms with Gasteiger partial charge in [0.2, 0.25) is 0 Å². The normalized spacial score (nSPS) is 10.5. The molecule has 0 unspecified atom stereocenters. The van der Waals surface area contributed by atoms with Crippen molar-refractivity contribution in [2.45, 2.75) is 0 Å². The van der Waals surface area contributed by atoms with Gasteiger partial charge in [0.1, 0.15) is 0 Å². The molecule has 2 aromatic rings. The monoisotopic (exact) mass is 215 g/mol. The Morgan fingerprint density at radius 2 is 2.36 bits per heavy atom. The first-order valence-electron chi connectivity index (χ1n) is 2.88. The van der Waals surface area contributed by atoms with E-state index < -0.39 is 5.69 Å². The molecule has 5 nitrogen and oxygen atoms in total. The second-order valence-electron chi connectivity index (χ2n) is 1.97. The molecule has 0 atom stereocenters. The van der Waals surface area contributed by atoms with Gasteiger partial charge in [-0.15, -0.1) is 0 Å². The van der Waals surface area contributed by atoms with Crippen LogP contribution in [0.15, 0.2) is 11.1 Å². The molecule has 0 saturated heterocycles. The second-order valence-corrected chi connectivity index (χ2v) is 2.78. The van der Waals surface area contributed by atoms with Crippen LogP contribution in [0.1, 0.15) is 0 Å². The van der Waals surface area contributed by atoms with Gasteiger partial charge in [-0.05, 0) is 0 Å². The van der Waals surface area contributed by atoms with Crippen LogP contribution in [0, 0.1) is 0 Å². The Morgan fingerprint density at radius 3 is 3.18 bits per heavy atom. The van der Waals surface area contributed by atoms with Gasteiger partial charge in [-0.3, -0.25) is 0 Å². The molecule has 2 N–H and O–H groups in total. The Balaban J connectivity index is 3.02. The molecule has 0 fully saturated rings. The molecule has 11 heavy (non-hydrogen) atoms. The van der Waals surface area contributed by atoms with Crippen LogP contribution < -0.4 is 10.3 Å². The number of nitrogens with zero attached hydrogens (tertiary/aromatic N) is 2. The first-order chi connectivity index (χ1) is 5.27. The Labute approximate surface area is 69.1 Å². The predicted octanol–water partition coefficient (Wildman–Crippen LogP) is -1.56. The van der Waals surface area contributed by atoms with E-state index in [1.54, 1.807) is 0 Å². The van der Waals surface area contributed by atoms with Gasteiger partial charge in [-0.1, -0.05) is 0 Å². The van der Waals surface area contributed by atoms with Crippen molar-refractivity contribution >= 4 is 31.8 Å². The molecule has 6 heteroatoms. The molecule has 0 aromatic carbocycles. The van der Waals surface area contributed by atoms with Crippen molar-refractivity contribution < 1.29 is 0 Å². The van der Waals surface area contributed by atoms with E-state index in [1.807, 2.05) is 0 Å². The molecule has 2 heterocycles. The molecule has 0 aliphatic rings. The molecule has 2 rings (SSSR count). The number of imidazole rings is 1. The summed E-state index contributed by atoms with van der Waals surface area (Å²) in [6.07, 6.45) is 1.50. The van der Waals surface area contributed by atoms with E-state index in [0.717, 1.165) is 5.52 Å². The van der Waals surface area contributed by atoms with E-state index in [2.05, 4.69) is 35.9 Å². The molecule has 0 aliphatic carbocycles. The third-order valence-electron chi connectivity index (χ3n) is 1.28. The van der Waals surface area contributed by atoms with E-state index in [0.29, 0.717) is 10.2 Å². The number of fused-ring (bicyclic) bond motifs is 1. The topological polar surface area (TPSA) is 74.4 Å². The van der Waals surface area contributed by atoms with Crippen LogP contribution in [-0.4, -0.2) is 35.9 Å². The van der Waals surface area contributed by atoms with Crippen LogP contribution in [0.25, 0.3) is 11.2 Å². The number of aromatic nitrogens is 4. The van der Waals surface area contributed by atoms with Crippen molar-refractivity contribution in [3.05, 3.63) is 16.8 Å². The van der Waals surface area contributed by atoms with Crippen LogP contribution in [-0.2, 0) is 0 Å². The zero-order valence-corrected chi connectivity index (χ0v) is 7.00. The first-order valence-corrected chi connectivity index (χ1v) is 3.73. The zero-order chi connectivity index (χ0) is 7.84. The van der Waals surface area contributed by atoms with Crippen molar-refractivity contribution in [1.29, 1.82) is 0 Å². The minimum absolute atomic E-state index is 0.390. The van der Waals surface area contributed by atoms with E-state index in [4.69, 9.17) is 0 Å². The molecule has 0 amide bonds. The quantitative estimate of drug-likeness (QED) is 0.521. The second kappa shape index (κ2) is 2.18. The van der Waals surface area contributed by atoms with Gasteiger partial charge in [-0.25, -0.2) is 0 Å². The molecular formula is C5H3N4OSe. The number of aromatic amines is 2. The minimum atomic E-state index is -0.390. The van der Waals surface area contributed by atoms with E-state index in [1.165, 1.54) is 6.33 Å². The van der Waals surface area contributed by atoms with Crippen molar-refractivity contribution in [3.8, 4) is 0 Å². The van der Waals surface area contributed by atoms with Crippen LogP contribution >= 0.6 is 0 Å². The van der Waals surface area contributed by atoms with Gasteiger partial charge in [0.15, 0.2) is 0 Å². The van der Waals surface area contributed by atoms with Gasteiger partial charge >= 0.3 is 68.5 Å². The van der Waals surface area contributed by atoms with Crippen molar-refractivity contribution in [2.75, 3.05) is 0 Å². The Morgan fingerprint density at radius 1 is 1.55 bits per heavy atom. The van der Waals surface area contributed by atoms with Crippen LogP contribution in [0.4, 0.5) is 0 Å². The molecule has 0 bridgehead atoms. The summed E-state index contributed by atoms with van der Waals surface area (Å²) in [5.74, 6) is 0. The fraction of sp³-hybridized carbons (Fsp3) is 0. The molecule has 0 spiro atoms. The van der Waals surface area contributed by atoms with Crippen molar-refractivity contribution in [1.82, 2.24) is 19.9 Å². The van der Waals surface area contributed by atoms with E-state index >= 15 is 0 Å².